The number of nitrogens with one attached hydrogen (secondary N) is 1. The van der Waals surface area contributed by atoms with Crippen LogP contribution in [0, 0.1) is 11.8 Å². The van der Waals surface area contributed by atoms with Crippen LogP contribution in [0.4, 0.5) is 0 Å². The van der Waals surface area contributed by atoms with Gasteiger partial charge in [-0.05, 0) is 25.2 Å². The first-order chi connectivity index (χ1) is 7.31. The molecule has 0 radical (unpaired) electrons. The van der Waals surface area contributed by atoms with Crippen molar-refractivity contribution in [2.45, 2.75) is 38.2 Å². The molecule has 86 valence electrons. The number of carbonyl (C=O) groups excluding carboxylic acids is 1. The number of hydrogen-bond donors (Lipinski definition) is 1. The summed E-state index contributed by atoms with van der Waals surface area (Å²) < 4.78 is 5.42. The summed E-state index contributed by atoms with van der Waals surface area (Å²) in [7, 11) is 1.79. The second-order valence-corrected chi connectivity index (χ2v) is 4.81. The number of methoxy groups -OCH3 is 1. The van der Waals surface area contributed by atoms with Gasteiger partial charge in [0.05, 0.1) is 6.10 Å². The molecule has 1 saturated heterocycles. The van der Waals surface area contributed by atoms with Gasteiger partial charge in [0.1, 0.15) is 5.78 Å². The predicted molar refractivity (Wildman–Crippen MR) is 58.7 cm³/mol. The minimum atomic E-state index is 0.261. The monoisotopic (exact) mass is 211 g/mol. The standard InChI is InChI=1S/C12H21NO2/c1-15-10-4-2-3-9(7-10)11-8-13-6-5-12(11)14/h9-11,13H,2-8H2,1H3. The van der Waals surface area contributed by atoms with E-state index in [0.717, 1.165) is 25.9 Å². The number of carbonyl (C=O) groups is 1. The first-order valence-electron chi connectivity index (χ1n) is 6.07. The van der Waals surface area contributed by atoms with Gasteiger partial charge in [-0.3, -0.25) is 4.79 Å². The summed E-state index contributed by atoms with van der Waals surface area (Å²) in [6.45, 7) is 1.76. The number of piperidine rings is 1. The van der Waals surface area contributed by atoms with Gasteiger partial charge >= 0.3 is 0 Å². The first kappa shape index (κ1) is 11.1. The van der Waals surface area contributed by atoms with E-state index < -0.39 is 0 Å². The molecule has 1 saturated carbocycles. The van der Waals surface area contributed by atoms with Gasteiger partial charge in [-0.15, -0.1) is 0 Å². The van der Waals surface area contributed by atoms with Crippen LogP contribution in [-0.2, 0) is 9.53 Å². The highest BCUT2D eigenvalue weighted by atomic mass is 16.5. The van der Waals surface area contributed by atoms with Crippen LogP contribution in [0.15, 0.2) is 0 Å². The van der Waals surface area contributed by atoms with Crippen molar-refractivity contribution in [2.75, 3.05) is 20.2 Å². The van der Waals surface area contributed by atoms with Gasteiger partial charge in [-0.1, -0.05) is 6.42 Å². The van der Waals surface area contributed by atoms with Crippen LogP contribution < -0.4 is 5.32 Å². The molecule has 0 aromatic rings. The van der Waals surface area contributed by atoms with E-state index in [4.69, 9.17) is 4.74 Å². The van der Waals surface area contributed by atoms with Gasteiger partial charge in [-0.2, -0.15) is 0 Å². The lowest BCUT2D eigenvalue weighted by molar-refractivity contribution is -0.126. The number of ketones is 1. The summed E-state index contributed by atoms with van der Waals surface area (Å²) >= 11 is 0. The van der Waals surface area contributed by atoms with Crippen molar-refractivity contribution in [1.29, 1.82) is 0 Å². The van der Waals surface area contributed by atoms with Gasteiger partial charge in [0, 0.05) is 32.5 Å². The lowest BCUT2D eigenvalue weighted by atomic mass is 9.75. The topological polar surface area (TPSA) is 38.3 Å². The van der Waals surface area contributed by atoms with Crippen LogP contribution in [0.2, 0.25) is 0 Å². The van der Waals surface area contributed by atoms with Gasteiger partial charge in [0.25, 0.3) is 0 Å². The van der Waals surface area contributed by atoms with Crippen molar-refractivity contribution in [3.05, 3.63) is 0 Å². The zero-order valence-corrected chi connectivity index (χ0v) is 9.50. The van der Waals surface area contributed by atoms with E-state index in [9.17, 15) is 4.79 Å². The molecule has 15 heavy (non-hydrogen) atoms. The number of rotatable bonds is 2. The molecule has 3 unspecified atom stereocenters. The molecule has 0 spiro atoms. The molecule has 0 aromatic heterocycles. The quantitative estimate of drug-likeness (QED) is 0.749. The summed E-state index contributed by atoms with van der Waals surface area (Å²) in [5.74, 6) is 1.29. The van der Waals surface area contributed by atoms with Crippen molar-refractivity contribution in [3.63, 3.8) is 0 Å². The Morgan fingerprint density at radius 3 is 3.00 bits per heavy atom. The summed E-state index contributed by atoms with van der Waals surface area (Å²) in [5.41, 5.74) is 0. The molecule has 3 heteroatoms. The predicted octanol–water partition coefficient (Wildman–Crippen LogP) is 1.37. The molecule has 1 heterocycles. The van der Waals surface area contributed by atoms with Crippen LogP contribution in [0.25, 0.3) is 0 Å². The van der Waals surface area contributed by atoms with E-state index in [-0.39, 0.29) is 5.92 Å². The van der Waals surface area contributed by atoms with Crippen molar-refractivity contribution >= 4 is 5.78 Å². The normalized spacial score (nSPS) is 37.9. The minimum Gasteiger partial charge on any atom is -0.381 e. The van der Waals surface area contributed by atoms with Crippen molar-refractivity contribution in [3.8, 4) is 0 Å². The molecule has 0 bridgehead atoms. The Balaban J connectivity index is 1.93. The lowest BCUT2D eigenvalue weighted by Crippen LogP contribution is -2.42. The van der Waals surface area contributed by atoms with Crippen LogP contribution in [-0.4, -0.2) is 32.1 Å². The Morgan fingerprint density at radius 1 is 1.40 bits per heavy atom. The molecular weight excluding hydrogens is 190 g/mol. The summed E-state index contributed by atoms with van der Waals surface area (Å²) in [5, 5.41) is 3.33. The summed E-state index contributed by atoms with van der Waals surface area (Å²) in [6, 6.07) is 0. The second kappa shape index (κ2) is 5.08. The lowest BCUT2D eigenvalue weighted by Gasteiger charge is -2.35. The summed E-state index contributed by atoms with van der Waals surface area (Å²) in [6.07, 6.45) is 5.78. The van der Waals surface area contributed by atoms with E-state index in [1.165, 1.54) is 19.3 Å². The Labute approximate surface area is 91.6 Å². The van der Waals surface area contributed by atoms with Gasteiger partial charge in [0.15, 0.2) is 0 Å². The molecular formula is C12H21NO2. The maximum Gasteiger partial charge on any atom is 0.138 e. The molecule has 1 aliphatic heterocycles. The molecule has 0 aromatic carbocycles. The zero-order valence-electron chi connectivity index (χ0n) is 9.50. The van der Waals surface area contributed by atoms with Crippen molar-refractivity contribution < 1.29 is 9.53 Å². The third-order valence-corrected chi connectivity index (χ3v) is 3.90. The third-order valence-electron chi connectivity index (χ3n) is 3.90. The molecule has 0 amide bonds. The highest BCUT2D eigenvalue weighted by Crippen LogP contribution is 2.33. The zero-order chi connectivity index (χ0) is 10.7. The molecule has 2 rings (SSSR count). The number of Topliss-reactive ketones (excluding diaryl/α,β-unsaturated/α-hetero) is 1. The van der Waals surface area contributed by atoms with Crippen LogP contribution in [0.5, 0.6) is 0 Å². The van der Waals surface area contributed by atoms with Gasteiger partial charge in [0.2, 0.25) is 0 Å². The Kier molecular flexibility index (Phi) is 3.76. The molecule has 3 nitrogen and oxygen atoms in total. The van der Waals surface area contributed by atoms with Gasteiger partial charge in [-0.25, -0.2) is 0 Å². The molecule has 2 fully saturated rings. The Morgan fingerprint density at radius 2 is 2.27 bits per heavy atom. The van der Waals surface area contributed by atoms with Crippen molar-refractivity contribution in [1.82, 2.24) is 5.32 Å². The van der Waals surface area contributed by atoms with Crippen molar-refractivity contribution in [2.24, 2.45) is 11.8 Å². The maximum atomic E-state index is 11.8. The van der Waals surface area contributed by atoms with E-state index in [1.807, 2.05) is 0 Å². The second-order valence-electron chi connectivity index (χ2n) is 4.81. The van der Waals surface area contributed by atoms with E-state index in [2.05, 4.69) is 5.32 Å². The van der Waals surface area contributed by atoms with Gasteiger partial charge < -0.3 is 10.1 Å². The molecule has 2 aliphatic rings. The highest BCUT2D eigenvalue weighted by molar-refractivity contribution is 5.82. The summed E-state index contributed by atoms with van der Waals surface area (Å²) in [4.78, 5) is 11.8. The SMILES string of the molecule is COC1CCCC(C2CNCCC2=O)C1. The van der Waals surface area contributed by atoms with E-state index in [0.29, 0.717) is 17.8 Å². The van der Waals surface area contributed by atoms with E-state index >= 15 is 0 Å². The molecule has 1 aliphatic carbocycles. The minimum absolute atomic E-state index is 0.261. The molecule has 1 N–H and O–H groups in total. The fourth-order valence-corrected chi connectivity index (χ4v) is 2.96. The largest absolute Gasteiger partial charge is 0.381 e. The Hall–Kier alpha value is -0.410. The maximum absolute atomic E-state index is 11.8. The number of ether oxygens (including phenoxy) is 1. The van der Waals surface area contributed by atoms with Crippen LogP contribution in [0.1, 0.15) is 32.1 Å². The molecule has 3 atom stereocenters. The number of hydrogen-bond acceptors (Lipinski definition) is 3. The fourth-order valence-electron chi connectivity index (χ4n) is 2.96. The fraction of sp³-hybridized carbons (Fsp3) is 0.917. The van der Waals surface area contributed by atoms with Crippen LogP contribution >= 0.6 is 0 Å². The average molecular weight is 211 g/mol. The van der Waals surface area contributed by atoms with Crippen LogP contribution in [0.3, 0.4) is 0 Å². The van der Waals surface area contributed by atoms with E-state index in [1.54, 1.807) is 7.11 Å². The first-order valence-corrected chi connectivity index (χ1v) is 6.07. The third kappa shape index (κ3) is 2.58. The average Bonchev–Trinajstić information content (AvgIpc) is 2.30. The smallest absolute Gasteiger partial charge is 0.138 e. The highest BCUT2D eigenvalue weighted by Gasteiger charge is 2.33. The Bertz CT molecular complexity index is 230.